The molecule has 1 atom stereocenters. The fraction of sp³-hybridized carbons (Fsp3) is 0.222. The van der Waals surface area contributed by atoms with Gasteiger partial charge in [0.05, 0.1) is 0 Å². The van der Waals surface area contributed by atoms with Gasteiger partial charge in [0.2, 0.25) is 5.67 Å². The van der Waals surface area contributed by atoms with Crippen molar-refractivity contribution in [2.75, 3.05) is 0 Å². The van der Waals surface area contributed by atoms with E-state index in [9.17, 15) is 9.18 Å². The van der Waals surface area contributed by atoms with Crippen LogP contribution in [0, 0.1) is 0 Å². The summed E-state index contributed by atoms with van der Waals surface area (Å²) in [5.74, 6) is -1.48. The molecule has 1 unspecified atom stereocenters. The van der Waals surface area contributed by atoms with E-state index in [1.54, 1.807) is 12.1 Å². The van der Waals surface area contributed by atoms with E-state index in [-0.39, 0.29) is 5.56 Å². The molecule has 70 valence electrons. The van der Waals surface area contributed by atoms with Crippen LogP contribution in [-0.2, 0) is 10.5 Å². The molecule has 1 aromatic rings. The summed E-state index contributed by atoms with van der Waals surface area (Å²) >= 11 is 3.18. The number of alkyl halides is 1. The van der Waals surface area contributed by atoms with Gasteiger partial charge in [-0.3, -0.25) is 0 Å². The molecule has 1 aromatic carbocycles. The van der Waals surface area contributed by atoms with Gasteiger partial charge >= 0.3 is 5.97 Å². The van der Waals surface area contributed by atoms with Crippen LogP contribution in [0.15, 0.2) is 28.7 Å². The minimum absolute atomic E-state index is 0.142. The minimum atomic E-state index is -2.32. The summed E-state index contributed by atoms with van der Waals surface area (Å²) in [5, 5.41) is 8.58. The zero-order valence-electron chi connectivity index (χ0n) is 6.92. The van der Waals surface area contributed by atoms with E-state index in [1.165, 1.54) is 12.1 Å². The van der Waals surface area contributed by atoms with E-state index in [0.29, 0.717) is 0 Å². The first-order chi connectivity index (χ1) is 5.94. The number of carbonyl (C=O) groups is 1. The van der Waals surface area contributed by atoms with E-state index in [1.807, 2.05) is 0 Å². The molecule has 0 aromatic heterocycles. The lowest BCUT2D eigenvalue weighted by Crippen LogP contribution is -2.26. The van der Waals surface area contributed by atoms with Crippen LogP contribution in [0.3, 0.4) is 0 Å². The van der Waals surface area contributed by atoms with E-state index in [4.69, 9.17) is 5.11 Å². The lowest BCUT2D eigenvalue weighted by Gasteiger charge is -2.14. The third kappa shape index (κ3) is 2.06. The maximum Gasteiger partial charge on any atom is 0.345 e. The van der Waals surface area contributed by atoms with Crippen molar-refractivity contribution in [2.24, 2.45) is 0 Å². The van der Waals surface area contributed by atoms with Crippen molar-refractivity contribution in [3.05, 3.63) is 34.3 Å². The Labute approximate surface area is 83.5 Å². The second-order valence-electron chi connectivity index (χ2n) is 2.82. The van der Waals surface area contributed by atoms with E-state index >= 15 is 0 Å². The molecule has 0 saturated carbocycles. The van der Waals surface area contributed by atoms with Crippen LogP contribution >= 0.6 is 15.9 Å². The SMILES string of the molecule is CC(F)(C(=O)O)c1ccc(Br)cc1. The van der Waals surface area contributed by atoms with Crippen LogP contribution in [0.25, 0.3) is 0 Å². The van der Waals surface area contributed by atoms with E-state index < -0.39 is 11.6 Å². The maximum absolute atomic E-state index is 13.5. The van der Waals surface area contributed by atoms with Gasteiger partial charge in [0.1, 0.15) is 0 Å². The Kier molecular flexibility index (Phi) is 2.71. The molecule has 4 heteroatoms. The van der Waals surface area contributed by atoms with Crippen LogP contribution < -0.4 is 0 Å². The van der Waals surface area contributed by atoms with Crippen LogP contribution in [0.2, 0.25) is 0 Å². The zero-order valence-corrected chi connectivity index (χ0v) is 8.51. The molecule has 0 aliphatic carbocycles. The molecule has 0 fully saturated rings. The van der Waals surface area contributed by atoms with Crippen LogP contribution in [0.1, 0.15) is 12.5 Å². The normalized spacial score (nSPS) is 15.0. The summed E-state index contributed by atoms with van der Waals surface area (Å²) in [6, 6.07) is 6.10. The molecule has 0 heterocycles. The Morgan fingerprint density at radius 3 is 2.31 bits per heavy atom. The van der Waals surface area contributed by atoms with Gasteiger partial charge in [-0.25, -0.2) is 9.18 Å². The Morgan fingerprint density at radius 1 is 1.46 bits per heavy atom. The molecule has 1 rings (SSSR count). The molecule has 0 spiro atoms. The summed E-state index contributed by atoms with van der Waals surface area (Å²) in [6.45, 7) is 1.03. The number of hydrogen-bond acceptors (Lipinski definition) is 1. The molecule has 0 saturated heterocycles. The van der Waals surface area contributed by atoms with Crippen molar-refractivity contribution >= 4 is 21.9 Å². The number of benzene rings is 1. The van der Waals surface area contributed by atoms with Gasteiger partial charge < -0.3 is 5.11 Å². The third-order valence-corrected chi connectivity index (χ3v) is 2.32. The number of carboxylic acids is 1. The molecule has 0 aliphatic rings. The van der Waals surface area contributed by atoms with Crippen molar-refractivity contribution in [1.29, 1.82) is 0 Å². The highest BCUT2D eigenvalue weighted by Crippen LogP contribution is 2.26. The number of rotatable bonds is 2. The van der Waals surface area contributed by atoms with Gasteiger partial charge in [-0.1, -0.05) is 28.1 Å². The minimum Gasteiger partial charge on any atom is -0.479 e. The molecule has 0 aliphatic heterocycles. The monoisotopic (exact) mass is 246 g/mol. The fourth-order valence-corrected chi connectivity index (χ4v) is 1.15. The Hall–Kier alpha value is -0.900. The highest BCUT2D eigenvalue weighted by Gasteiger charge is 2.34. The Morgan fingerprint density at radius 2 is 1.92 bits per heavy atom. The number of hydrogen-bond donors (Lipinski definition) is 1. The molecule has 0 bridgehead atoms. The molecular formula is C9H8BrFO2. The molecule has 13 heavy (non-hydrogen) atoms. The largest absolute Gasteiger partial charge is 0.479 e. The second-order valence-corrected chi connectivity index (χ2v) is 3.73. The van der Waals surface area contributed by atoms with Crippen LogP contribution in [0.4, 0.5) is 4.39 Å². The van der Waals surface area contributed by atoms with Crippen molar-refractivity contribution in [3.8, 4) is 0 Å². The van der Waals surface area contributed by atoms with Gasteiger partial charge in [-0.2, -0.15) is 0 Å². The fourth-order valence-electron chi connectivity index (χ4n) is 0.886. The Bertz CT molecular complexity index is 319. The lowest BCUT2D eigenvalue weighted by atomic mass is 9.98. The first-order valence-corrected chi connectivity index (χ1v) is 4.42. The summed E-state index contributed by atoms with van der Waals surface area (Å²) in [5.41, 5.74) is -2.18. The zero-order chi connectivity index (χ0) is 10.1. The maximum atomic E-state index is 13.5. The highest BCUT2D eigenvalue weighted by atomic mass is 79.9. The van der Waals surface area contributed by atoms with Crippen LogP contribution in [0.5, 0.6) is 0 Å². The average molecular weight is 247 g/mol. The molecule has 2 nitrogen and oxygen atoms in total. The van der Waals surface area contributed by atoms with Crippen molar-refractivity contribution < 1.29 is 14.3 Å². The smallest absolute Gasteiger partial charge is 0.345 e. The first kappa shape index (κ1) is 10.2. The molecular weight excluding hydrogens is 239 g/mol. The van der Waals surface area contributed by atoms with Crippen LogP contribution in [-0.4, -0.2) is 11.1 Å². The van der Waals surface area contributed by atoms with Crippen molar-refractivity contribution in [3.63, 3.8) is 0 Å². The predicted octanol–water partition coefficient (Wildman–Crippen LogP) is 2.72. The highest BCUT2D eigenvalue weighted by molar-refractivity contribution is 9.10. The number of aliphatic carboxylic acids is 1. The van der Waals surface area contributed by atoms with Gasteiger partial charge in [-0.05, 0) is 19.1 Å². The third-order valence-electron chi connectivity index (χ3n) is 1.79. The van der Waals surface area contributed by atoms with Crippen molar-refractivity contribution in [1.82, 2.24) is 0 Å². The second kappa shape index (κ2) is 3.46. The first-order valence-electron chi connectivity index (χ1n) is 3.63. The Balaban J connectivity index is 3.08. The topological polar surface area (TPSA) is 37.3 Å². The van der Waals surface area contributed by atoms with Gasteiger partial charge in [0, 0.05) is 10.0 Å². The summed E-state index contributed by atoms with van der Waals surface area (Å²) < 4.78 is 14.3. The summed E-state index contributed by atoms with van der Waals surface area (Å²) in [4.78, 5) is 10.5. The number of carboxylic acid groups (broad SMARTS) is 1. The summed E-state index contributed by atoms with van der Waals surface area (Å²) in [7, 11) is 0. The van der Waals surface area contributed by atoms with Gasteiger partial charge in [-0.15, -0.1) is 0 Å². The van der Waals surface area contributed by atoms with Gasteiger partial charge in [0.15, 0.2) is 0 Å². The van der Waals surface area contributed by atoms with Gasteiger partial charge in [0.25, 0.3) is 0 Å². The number of halogens is 2. The average Bonchev–Trinajstić information content (AvgIpc) is 2.04. The molecule has 1 N–H and O–H groups in total. The summed E-state index contributed by atoms with van der Waals surface area (Å²) in [6.07, 6.45) is 0. The van der Waals surface area contributed by atoms with E-state index in [0.717, 1.165) is 11.4 Å². The lowest BCUT2D eigenvalue weighted by molar-refractivity contribution is -0.150. The predicted molar refractivity (Wildman–Crippen MR) is 50.2 cm³/mol. The molecule has 0 radical (unpaired) electrons. The standard InChI is InChI=1S/C9H8BrFO2/c1-9(11,8(12)13)6-2-4-7(10)5-3-6/h2-5H,1H3,(H,12,13). The van der Waals surface area contributed by atoms with E-state index in [2.05, 4.69) is 15.9 Å². The van der Waals surface area contributed by atoms with Crippen molar-refractivity contribution in [2.45, 2.75) is 12.6 Å². The molecule has 0 amide bonds. The quantitative estimate of drug-likeness (QED) is 0.872.